The first-order valence-corrected chi connectivity index (χ1v) is 17.3. The van der Waals surface area contributed by atoms with Crippen molar-refractivity contribution in [3.63, 3.8) is 0 Å². The van der Waals surface area contributed by atoms with Gasteiger partial charge in [0.1, 0.15) is 5.60 Å². The molecule has 58 heavy (non-hydrogen) atoms. The molecule has 0 amide bonds. The summed E-state index contributed by atoms with van der Waals surface area (Å²) in [6, 6.07) is 25.0. The summed E-state index contributed by atoms with van der Waals surface area (Å²) >= 11 is 0. The molecule has 0 aromatic heterocycles. The fourth-order valence-electron chi connectivity index (χ4n) is 6.68. The molecule has 0 unspecified atom stereocenters. The third kappa shape index (κ3) is 7.66. The lowest BCUT2D eigenvalue weighted by Gasteiger charge is -2.33. The largest absolute Gasteiger partial charge is 0.504 e. The van der Waals surface area contributed by atoms with Crippen LogP contribution in [0.5, 0.6) is 51.7 Å². The van der Waals surface area contributed by atoms with Gasteiger partial charge in [0.25, 0.3) is 0 Å². The topological polar surface area (TPSA) is 157 Å². The Kier molecular flexibility index (Phi) is 12.8. The number of phenolic OH excluding ortho intramolecular Hbond substituents is 3. The Balaban J connectivity index is 0.000000221. The number of methoxy groups -OCH3 is 6. The van der Waals surface area contributed by atoms with Crippen molar-refractivity contribution >= 4 is 0 Å². The van der Waals surface area contributed by atoms with E-state index < -0.39 is 28.7 Å². The van der Waals surface area contributed by atoms with E-state index in [1.807, 2.05) is 0 Å². The molecule has 6 aromatic carbocycles. The number of rotatable bonds is 12. The van der Waals surface area contributed by atoms with E-state index in [0.717, 1.165) is 18.2 Å². The van der Waals surface area contributed by atoms with Crippen LogP contribution in [0.15, 0.2) is 109 Å². The van der Waals surface area contributed by atoms with Crippen LogP contribution in [0.25, 0.3) is 0 Å². The Hall–Kier alpha value is -6.77. The van der Waals surface area contributed by atoms with Gasteiger partial charge in [-0.1, -0.05) is 54.6 Å². The number of para-hydroxylation sites is 3. The van der Waals surface area contributed by atoms with E-state index in [1.54, 1.807) is 36.4 Å². The molecule has 11 nitrogen and oxygen atoms in total. The molecule has 0 spiro atoms. The Bertz CT molecular complexity index is 2140. The van der Waals surface area contributed by atoms with Gasteiger partial charge in [-0.3, -0.25) is 0 Å². The van der Waals surface area contributed by atoms with E-state index in [0.29, 0.717) is 0 Å². The highest BCUT2D eigenvalue weighted by atomic mass is 19.1. The monoisotopic (exact) mass is 802 g/mol. The summed E-state index contributed by atoms with van der Waals surface area (Å²) in [6.07, 6.45) is 0. The Morgan fingerprint density at radius 3 is 0.879 bits per heavy atom. The van der Waals surface area contributed by atoms with Crippen LogP contribution < -0.4 is 28.4 Å². The summed E-state index contributed by atoms with van der Waals surface area (Å²) in [7, 11) is 8.00. The van der Waals surface area contributed by atoms with Crippen molar-refractivity contribution in [1.29, 1.82) is 0 Å². The lowest BCUT2D eigenvalue weighted by atomic mass is 9.78. The highest BCUT2D eigenvalue weighted by molar-refractivity contribution is 5.65. The molecule has 0 aliphatic carbocycles. The van der Waals surface area contributed by atoms with Crippen LogP contribution in [0.2, 0.25) is 0 Å². The molecule has 0 atom stereocenters. The maximum Gasteiger partial charge on any atom is 0.167 e. The molecule has 6 aromatic rings. The average Bonchev–Trinajstić information content (AvgIpc) is 3.22. The van der Waals surface area contributed by atoms with E-state index in [2.05, 4.69) is 0 Å². The smallest absolute Gasteiger partial charge is 0.167 e. The van der Waals surface area contributed by atoms with E-state index in [9.17, 15) is 38.7 Å². The molecule has 0 fully saturated rings. The minimum atomic E-state index is -2.06. The van der Waals surface area contributed by atoms with Gasteiger partial charge in [0.05, 0.1) is 42.7 Å². The molecule has 0 saturated carbocycles. The maximum atomic E-state index is 14.4. The van der Waals surface area contributed by atoms with Crippen molar-refractivity contribution in [2.75, 3.05) is 42.7 Å². The van der Waals surface area contributed by atoms with E-state index in [4.69, 9.17) is 28.4 Å². The Morgan fingerprint density at radius 1 is 0.379 bits per heavy atom. The Morgan fingerprint density at radius 2 is 0.655 bits per heavy atom. The van der Waals surface area contributed by atoms with Crippen molar-refractivity contribution < 1.29 is 67.1 Å². The summed E-state index contributed by atoms with van der Waals surface area (Å²) in [5.74, 6) is -2.80. The number of halogens is 3. The first-order valence-electron chi connectivity index (χ1n) is 17.3. The molecule has 0 bridgehead atoms. The molecule has 5 N–H and O–H groups in total. The van der Waals surface area contributed by atoms with Gasteiger partial charge in [0.2, 0.25) is 0 Å². The van der Waals surface area contributed by atoms with Crippen molar-refractivity contribution in [2.24, 2.45) is 0 Å². The summed E-state index contributed by atoms with van der Waals surface area (Å²) in [4.78, 5) is 0. The lowest BCUT2D eigenvalue weighted by Crippen LogP contribution is -2.30. The fraction of sp³-hybridized carbons (Fsp3) is 0.182. The van der Waals surface area contributed by atoms with Crippen LogP contribution in [0.1, 0.15) is 33.4 Å². The van der Waals surface area contributed by atoms with Gasteiger partial charge in [-0.25, -0.2) is 13.2 Å². The van der Waals surface area contributed by atoms with Gasteiger partial charge in [-0.05, 0) is 71.3 Å². The predicted octanol–water partition coefficient (Wildman–Crippen LogP) is 7.53. The first kappa shape index (κ1) is 42.4. The standard InChI is InChI=1S/C22H19F3O4.C22H22O7/c1-27-19-7-4-13(10-16(19)23)22(26,14-5-8-20(28-2)17(24)11-14)15-6-9-21(29-3)18(25)12-15;1-27-19-13(7-4-10-16(19)23)22(26,14-8-5-11-17(24)20(14)28-2)15-9-6-12-18(25)21(15)29-3/h4-12,26H,1-3H3;4-12,23-26H,1-3H3. The number of hydrogen-bond acceptors (Lipinski definition) is 11. The highest BCUT2D eigenvalue weighted by Crippen LogP contribution is 2.52. The molecule has 14 heteroatoms. The van der Waals surface area contributed by atoms with Crippen LogP contribution in [0.4, 0.5) is 13.2 Å². The molecular formula is C44H41F3O11. The minimum absolute atomic E-state index is 0.0193. The number of benzene rings is 6. The summed E-state index contributed by atoms with van der Waals surface area (Å²) < 4.78 is 74.0. The van der Waals surface area contributed by atoms with Crippen LogP contribution in [0, 0.1) is 17.5 Å². The first-order chi connectivity index (χ1) is 27.7. The molecule has 0 aliphatic heterocycles. The molecule has 0 aliphatic rings. The van der Waals surface area contributed by atoms with Gasteiger partial charge in [0, 0.05) is 16.7 Å². The van der Waals surface area contributed by atoms with E-state index >= 15 is 0 Å². The summed E-state index contributed by atoms with van der Waals surface area (Å²) in [5.41, 5.74) is -3.43. The predicted molar refractivity (Wildman–Crippen MR) is 207 cm³/mol. The summed E-state index contributed by atoms with van der Waals surface area (Å²) in [5, 5.41) is 54.8. The van der Waals surface area contributed by atoms with Crippen LogP contribution in [-0.4, -0.2) is 68.2 Å². The molecule has 6 rings (SSSR count). The van der Waals surface area contributed by atoms with E-state index in [1.165, 1.54) is 97.3 Å². The normalized spacial score (nSPS) is 11.2. The van der Waals surface area contributed by atoms with Crippen molar-refractivity contribution in [1.82, 2.24) is 0 Å². The third-order valence-electron chi connectivity index (χ3n) is 9.47. The van der Waals surface area contributed by atoms with Crippen LogP contribution >= 0.6 is 0 Å². The molecule has 304 valence electrons. The highest BCUT2D eigenvalue weighted by Gasteiger charge is 2.43. The Labute approximate surface area is 332 Å². The van der Waals surface area contributed by atoms with Crippen LogP contribution in [0.3, 0.4) is 0 Å². The SMILES string of the molecule is COc1c(O)cccc1C(O)(c1cccc(O)c1OC)c1cccc(O)c1OC.COc1ccc(C(O)(c2ccc(OC)c(F)c2)c2ccc(OC)c(F)c2)cc1F. The fourth-order valence-corrected chi connectivity index (χ4v) is 6.68. The van der Waals surface area contributed by atoms with Crippen molar-refractivity contribution in [3.05, 3.63) is 160 Å². The zero-order chi connectivity index (χ0) is 42.4. The van der Waals surface area contributed by atoms with E-state index in [-0.39, 0.29) is 85.1 Å². The van der Waals surface area contributed by atoms with Crippen molar-refractivity contribution in [3.8, 4) is 51.7 Å². The van der Waals surface area contributed by atoms with Gasteiger partial charge < -0.3 is 54.0 Å². The molecule has 0 radical (unpaired) electrons. The van der Waals surface area contributed by atoms with Gasteiger partial charge in [-0.15, -0.1) is 0 Å². The zero-order valence-electron chi connectivity index (χ0n) is 32.2. The number of aliphatic hydroxyl groups is 2. The molecule has 0 saturated heterocycles. The van der Waals surface area contributed by atoms with Gasteiger partial charge in [0.15, 0.2) is 74.8 Å². The second-order valence-electron chi connectivity index (χ2n) is 12.5. The number of hydrogen-bond donors (Lipinski definition) is 5. The average molecular weight is 803 g/mol. The number of aromatic hydroxyl groups is 3. The number of phenols is 3. The second-order valence-corrected chi connectivity index (χ2v) is 12.5. The van der Waals surface area contributed by atoms with Crippen LogP contribution in [-0.2, 0) is 11.2 Å². The lowest BCUT2D eigenvalue weighted by molar-refractivity contribution is 0.113. The number of ether oxygens (including phenoxy) is 6. The van der Waals surface area contributed by atoms with Gasteiger partial charge >= 0.3 is 0 Å². The third-order valence-corrected chi connectivity index (χ3v) is 9.47. The van der Waals surface area contributed by atoms with Crippen molar-refractivity contribution in [2.45, 2.75) is 11.2 Å². The minimum Gasteiger partial charge on any atom is -0.504 e. The zero-order valence-corrected chi connectivity index (χ0v) is 32.2. The quantitative estimate of drug-likeness (QED) is 0.0780. The van der Waals surface area contributed by atoms with Gasteiger partial charge in [-0.2, -0.15) is 0 Å². The maximum absolute atomic E-state index is 14.4. The second kappa shape index (κ2) is 17.6. The molecule has 0 heterocycles. The summed E-state index contributed by atoms with van der Waals surface area (Å²) in [6.45, 7) is 0. The molecular weight excluding hydrogens is 761 g/mol.